The summed E-state index contributed by atoms with van der Waals surface area (Å²) in [5.74, 6) is 1.20. The highest BCUT2D eigenvalue weighted by atomic mass is 16.4. The van der Waals surface area contributed by atoms with Gasteiger partial charge in [0.25, 0.3) is 0 Å². The highest BCUT2D eigenvalue weighted by Gasteiger charge is 2.14. The smallest absolute Gasteiger partial charge is 0.130 e. The molecular weight excluding hydrogens is 308 g/mol. The van der Waals surface area contributed by atoms with E-state index in [9.17, 15) is 10.2 Å². The first-order valence-electron chi connectivity index (χ1n) is 8.22. The lowest BCUT2D eigenvalue weighted by Crippen LogP contribution is -2.14. The van der Waals surface area contributed by atoms with E-state index in [0.29, 0.717) is 35.5 Å². The van der Waals surface area contributed by atoms with Crippen LogP contribution in [0.2, 0.25) is 0 Å². The molecule has 24 heavy (non-hydrogen) atoms. The molecule has 0 aliphatic rings. The zero-order valence-corrected chi connectivity index (χ0v) is 14.2. The van der Waals surface area contributed by atoms with Gasteiger partial charge in [-0.3, -0.25) is 0 Å². The fourth-order valence-electron chi connectivity index (χ4n) is 2.53. The average Bonchev–Trinajstić information content (AvgIpc) is 3.04. The third kappa shape index (κ3) is 6.45. The molecule has 1 atom stereocenters. The molecule has 0 fully saturated rings. The Kier molecular flexibility index (Phi) is 9.34. The van der Waals surface area contributed by atoms with Crippen molar-refractivity contribution in [2.75, 3.05) is 13.2 Å². The summed E-state index contributed by atoms with van der Waals surface area (Å²) in [6.45, 7) is 5.20. The molecule has 0 aromatic carbocycles. The van der Waals surface area contributed by atoms with Crippen LogP contribution in [0, 0.1) is 0 Å². The molecule has 0 bridgehead atoms. The molecule has 1 rings (SSSR count). The maximum atomic E-state index is 10.3. The van der Waals surface area contributed by atoms with Crippen LogP contribution < -0.4 is 0 Å². The zero-order chi connectivity index (χ0) is 17.9. The van der Waals surface area contributed by atoms with E-state index in [1.807, 2.05) is 12.1 Å². The van der Waals surface area contributed by atoms with Gasteiger partial charge in [-0.2, -0.15) is 0 Å². The second kappa shape index (κ2) is 11.0. The van der Waals surface area contributed by atoms with Gasteiger partial charge in [0, 0.05) is 0 Å². The van der Waals surface area contributed by atoms with Crippen molar-refractivity contribution in [3.8, 4) is 0 Å². The predicted molar refractivity (Wildman–Crippen MR) is 94.2 cm³/mol. The molecule has 0 radical (unpaired) electrons. The van der Waals surface area contributed by atoms with Crippen LogP contribution in [-0.4, -0.2) is 39.7 Å². The quantitative estimate of drug-likeness (QED) is 0.466. The number of furan rings is 1. The average molecular weight is 336 g/mol. The largest absolute Gasteiger partial charge is 0.459 e. The van der Waals surface area contributed by atoms with Gasteiger partial charge in [0.2, 0.25) is 0 Å². The molecule has 0 amide bonds. The Morgan fingerprint density at radius 3 is 2.54 bits per heavy atom. The zero-order valence-electron chi connectivity index (χ0n) is 14.2. The molecule has 1 aromatic heterocycles. The maximum absolute atomic E-state index is 10.3. The third-order valence-corrected chi connectivity index (χ3v) is 3.76. The molecule has 0 spiro atoms. The normalized spacial score (nSPS) is 14.0. The van der Waals surface area contributed by atoms with Crippen molar-refractivity contribution in [3.63, 3.8) is 0 Å². The molecule has 0 aliphatic heterocycles. The van der Waals surface area contributed by atoms with E-state index in [1.54, 1.807) is 6.07 Å². The third-order valence-electron chi connectivity index (χ3n) is 3.76. The molecule has 0 saturated carbocycles. The number of rotatable bonds is 11. The van der Waals surface area contributed by atoms with E-state index in [1.165, 1.54) is 6.08 Å². The minimum absolute atomic E-state index is 0.131. The highest BCUT2D eigenvalue weighted by molar-refractivity contribution is 5.47. The van der Waals surface area contributed by atoms with E-state index in [0.717, 1.165) is 18.4 Å². The minimum atomic E-state index is -0.790. The Morgan fingerprint density at radius 1 is 1.25 bits per heavy atom. The van der Waals surface area contributed by atoms with Gasteiger partial charge in [-0.1, -0.05) is 31.6 Å². The Bertz CT molecular complexity index is 568. The van der Waals surface area contributed by atoms with Crippen molar-refractivity contribution in [2.24, 2.45) is 0 Å². The van der Waals surface area contributed by atoms with Crippen LogP contribution in [0.3, 0.4) is 0 Å². The van der Waals surface area contributed by atoms with Crippen molar-refractivity contribution in [2.45, 2.75) is 45.3 Å². The summed E-state index contributed by atoms with van der Waals surface area (Å²) in [4.78, 5) is 0. The topological polar surface area (TPSA) is 94.1 Å². The van der Waals surface area contributed by atoms with Gasteiger partial charge in [0.1, 0.15) is 18.1 Å². The molecule has 134 valence electrons. The monoisotopic (exact) mass is 336 g/mol. The molecule has 1 unspecified atom stereocenters. The first kappa shape index (κ1) is 20.4. The second-order valence-corrected chi connectivity index (χ2v) is 5.67. The summed E-state index contributed by atoms with van der Waals surface area (Å²) in [5, 5.41) is 37.6. The Hall–Kier alpha value is -1.66. The first-order valence-corrected chi connectivity index (χ1v) is 8.22. The predicted octanol–water partition coefficient (Wildman–Crippen LogP) is 2.56. The van der Waals surface area contributed by atoms with Gasteiger partial charge in [-0.05, 0) is 48.6 Å². The van der Waals surface area contributed by atoms with Crippen molar-refractivity contribution in [3.05, 3.63) is 53.0 Å². The fourth-order valence-corrected chi connectivity index (χ4v) is 2.53. The van der Waals surface area contributed by atoms with Gasteiger partial charge in [0.15, 0.2) is 0 Å². The van der Waals surface area contributed by atoms with Crippen LogP contribution in [0.25, 0.3) is 6.08 Å². The van der Waals surface area contributed by atoms with Gasteiger partial charge >= 0.3 is 0 Å². The number of hydrogen-bond donors (Lipinski definition) is 4. The molecular formula is C19H28O5. The lowest BCUT2D eigenvalue weighted by molar-refractivity contribution is 0.197. The molecule has 1 heterocycles. The Labute approximate surface area is 143 Å². The van der Waals surface area contributed by atoms with Crippen molar-refractivity contribution < 1.29 is 24.8 Å². The fraction of sp³-hybridized carbons (Fsp3) is 0.474. The number of hydrogen-bond acceptors (Lipinski definition) is 5. The lowest BCUT2D eigenvalue weighted by Gasteiger charge is -2.17. The highest BCUT2D eigenvalue weighted by Crippen LogP contribution is 2.23. The van der Waals surface area contributed by atoms with Crippen molar-refractivity contribution >= 4 is 6.08 Å². The van der Waals surface area contributed by atoms with Crippen molar-refractivity contribution in [1.82, 2.24) is 0 Å². The standard InChI is InChI=1S/C19H28O5/c1-3-4-15(11-16-6-7-17(13-22)24-16)5-8-19(23)18(9-10-20)14(2)12-21/h6-7,9,11,19-23H,2-5,8,10,12-13H2,1H3/b15-11+,18-9-. The van der Waals surface area contributed by atoms with Crippen molar-refractivity contribution in [1.29, 1.82) is 0 Å². The number of aliphatic hydroxyl groups excluding tert-OH is 4. The van der Waals surface area contributed by atoms with Crippen LogP contribution in [0.4, 0.5) is 0 Å². The van der Waals surface area contributed by atoms with E-state index < -0.39 is 6.10 Å². The Balaban J connectivity index is 2.77. The van der Waals surface area contributed by atoms with E-state index in [2.05, 4.69) is 13.5 Å². The molecule has 0 aliphatic carbocycles. The summed E-state index contributed by atoms with van der Waals surface area (Å²) in [7, 11) is 0. The summed E-state index contributed by atoms with van der Waals surface area (Å²) >= 11 is 0. The van der Waals surface area contributed by atoms with Crippen LogP contribution >= 0.6 is 0 Å². The Morgan fingerprint density at radius 2 is 2.00 bits per heavy atom. The van der Waals surface area contributed by atoms with Gasteiger partial charge in [-0.25, -0.2) is 0 Å². The summed E-state index contributed by atoms with van der Waals surface area (Å²) in [5.41, 5.74) is 2.03. The van der Waals surface area contributed by atoms with E-state index >= 15 is 0 Å². The lowest BCUT2D eigenvalue weighted by atomic mass is 9.95. The maximum Gasteiger partial charge on any atom is 0.130 e. The summed E-state index contributed by atoms with van der Waals surface area (Å²) < 4.78 is 5.48. The van der Waals surface area contributed by atoms with Crippen LogP contribution in [0.1, 0.15) is 44.1 Å². The number of allylic oxidation sites excluding steroid dienone is 1. The molecule has 5 heteroatoms. The van der Waals surface area contributed by atoms with Crippen LogP contribution in [-0.2, 0) is 6.61 Å². The first-order chi connectivity index (χ1) is 11.5. The number of aliphatic hydroxyl groups is 4. The van der Waals surface area contributed by atoms with Crippen LogP contribution in [0.5, 0.6) is 0 Å². The molecule has 0 saturated heterocycles. The van der Waals surface area contributed by atoms with Gasteiger partial charge in [-0.15, -0.1) is 0 Å². The molecule has 4 N–H and O–H groups in total. The van der Waals surface area contributed by atoms with Gasteiger partial charge < -0.3 is 24.8 Å². The van der Waals surface area contributed by atoms with Gasteiger partial charge in [0.05, 0.1) is 19.3 Å². The SMILES string of the molecule is C=C(CO)/C(=C/CO)C(O)CC/C(=C/c1ccc(CO)o1)CCC. The minimum Gasteiger partial charge on any atom is -0.459 e. The summed E-state index contributed by atoms with van der Waals surface area (Å²) in [6.07, 6.45) is 5.59. The molecule has 1 aromatic rings. The van der Waals surface area contributed by atoms with Crippen LogP contribution in [0.15, 0.2) is 45.9 Å². The second-order valence-electron chi connectivity index (χ2n) is 5.67. The van der Waals surface area contributed by atoms with E-state index in [4.69, 9.17) is 14.6 Å². The summed E-state index contributed by atoms with van der Waals surface area (Å²) in [6, 6.07) is 3.54. The molecule has 5 nitrogen and oxygen atoms in total. The van der Waals surface area contributed by atoms with E-state index in [-0.39, 0.29) is 19.8 Å².